The van der Waals surface area contributed by atoms with Crippen LogP contribution in [0.15, 0.2) is 24.3 Å². The number of hydrogen-bond donors (Lipinski definition) is 0. The summed E-state index contributed by atoms with van der Waals surface area (Å²) < 4.78 is 10.6. The molecule has 146 valence electrons. The van der Waals surface area contributed by atoms with E-state index in [0.29, 0.717) is 52.3 Å². The Balaban J connectivity index is 1.51. The van der Waals surface area contributed by atoms with Gasteiger partial charge in [0.05, 0.1) is 12.0 Å². The Morgan fingerprint density at radius 1 is 1.22 bits per heavy atom. The standard InChI is InChI=1S/C21H28N2O4/c1-26-15-12-23-18-5-3-2-4-17(18)21(20(23)25)8-10-22(11-9-21)19(24)16-6-13-27-14-7-16/h2-5,16H,6-15H2,1H3. The number of ether oxygens (including phenoxy) is 2. The Bertz CT molecular complexity index is 706. The highest BCUT2D eigenvalue weighted by Crippen LogP contribution is 2.48. The average molecular weight is 372 g/mol. The quantitative estimate of drug-likeness (QED) is 0.811. The molecule has 1 aromatic rings. The van der Waals surface area contributed by atoms with E-state index in [1.807, 2.05) is 28.0 Å². The van der Waals surface area contributed by atoms with Crippen LogP contribution in [0, 0.1) is 5.92 Å². The van der Waals surface area contributed by atoms with Gasteiger partial charge in [-0.1, -0.05) is 18.2 Å². The second-order valence-corrected chi connectivity index (χ2v) is 7.76. The first kappa shape index (κ1) is 18.4. The summed E-state index contributed by atoms with van der Waals surface area (Å²) in [5, 5.41) is 0. The molecule has 0 unspecified atom stereocenters. The predicted molar refractivity (Wildman–Crippen MR) is 102 cm³/mol. The second kappa shape index (κ2) is 7.60. The summed E-state index contributed by atoms with van der Waals surface area (Å²) in [6.45, 7) is 3.73. The summed E-state index contributed by atoms with van der Waals surface area (Å²) >= 11 is 0. The van der Waals surface area contributed by atoms with Crippen molar-refractivity contribution in [3.05, 3.63) is 29.8 Å². The van der Waals surface area contributed by atoms with Crippen LogP contribution >= 0.6 is 0 Å². The first-order chi connectivity index (χ1) is 13.2. The van der Waals surface area contributed by atoms with Crippen molar-refractivity contribution in [2.24, 2.45) is 5.92 Å². The van der Waals surface area contributed by atoms with Gasteiger partial charge in [-0.05, 0) is 37.3 Å². The van der Waals surface area contributed by atoms with Crippen LogP contribution in [0.4, 0.5) is 5.69 Å². The number of likely N-dealkylation sites (tertiary alicyclic amines) is 1. The fourth-order valence-corrected chi connectivity index (χ4v) is 4.80. The van der Waals surface area contributed by atoms with Crippen LogP contribution in [0.25, 0.3) is 0 Å². The van der Waals surface area contributed by atoms with Gasteiger partial charge >= 0.3 is 0 Å². The summed E-state index contributed by atoms with van der Waals surface area (Å²) in [6.07, 6.45) is 3.02. The third kappa shape index (κ3) is 3.15. The number of carbonyl (C=O) groups is 2. The highest BCUT2D eigenvalue weighted by Gasteiger charge is 2.52. The van der Waals surface area contributed by atoms with Crippen LogP contribution in [0.1, 0.15) is 31.2 Å². The van der Waals surface area contributed by atoms with E-state index in [2.05, 4.69) is 6.07 Å². The van der Waals surface area contributed by atoms with E-state index in [0.717, 1.165) is 24.1 Å². The van der Waals surface area contributed by atoms with Gasteiger partial charge in [0.2, 0.25) is 11.8 Å². The number of rotatable bonds is 4. The molecule has 2 fully saturated rings. The van der Waals surface area contributed by atoms with Crippen molar-refractivity contribution in [3.63, 3.8) is 0 Å². The van der Waals surface area contributed by atoms with E-state index < -0.39 is 5.41 Å². The van der Waals surface area contributed by atoms with Crippen LogP contribution in [0.5, 0.6) is 0 Å². The lowest BCUT2D eigenvalue weighted by Crippen LogP contribution is -2.51. The average Bonchev–Trinajstić information content (AvgIpc) is 2.95. The number of benzene rings is 1. The molecule has 3 heterocycles. The summed E-state index contributed by atoms with van der Waals surface area (Å²) in [6, 6.07) is 8.09. The summed E-state index contributed by atoms with van der Waals surface area (Å²) in [5.74, 6) is 0.486. The molecule has 4 rings (SSSR count). The smallest absolute Gasteiger partial charge is 0.237 e. The zero-order chi connectivity index (χ0) is 18.9. The molecule has 0 aromatic heterocycles. The SMILES string of the molecule is COCCN1C(=O)C2(CCN(C(=O)C3CCOCC3)CC2)c2ccccc21. The van der Waals surface area contributed by atoms with Gasteiger partial charge in [0.1, 0.15) is 0 Å². The molecule has 0 bridgehead atoms. The molecule has 2 amide bonds. The van der Waals surface area contributed by atoms with E-state index in [9.17, 15) is 9.59 Å². The van der Waals surface area contributed by atoms with Crippen LogP contribution in [-0.4, -0.2) is 63.3 Å². The Kier molecular flexibility index (Phi) is 5.19. The number of nitrogens with zero attached hydrogens (tertiary/aromatic N) is 2. The molecule has 0 aliphatic carbocycles. The maximum atomic E-state index is 13.4. The van der Waals surface area contributed by atoms with Crippen molar-refractivity contribution in [1.29, 1.82) is 0 Å². The van der Waals surface area contributed by atoms with Gasteiger partial charge in [0, 0.05) is 51.6 Å². The van der Waals surface area contributed by atoms with Crippen molar-refractivity contribution in [3.8, 4) is 0 Å². The van der Waals surface area contributed by atoms with Crippen molar-refractivity contribution < 1.29 is 19.1 Å². The molecule has 2 saturated heterocycles. The number of methoxy groups -OCH3 is 1. The normalized spacial score (nSPS) is 22.3. The molecule has 0 radical (unpaired) electrons. The van der Waals surface area contributed by atoms with Gasteiger partial charge in [-0.25, -0.2) is 0 Å². The Morgan fingerprint density at radius 3 is 2.63 bits per heavy atom. The topological polar surface area (TPSA) is 59.1 Å². The number of piperidine rings is 1. The van der Waals surface area contributed by atoms with Crippen molar-refractivity contribution in [1.82, 2.24) is 4.90 Å². The Labute approximate surface area is 160 Å². The largest absolute Gasteiger partial charge is 0.383 e. The maximum Gasteiger partial charge on any atom is 0.237 e. The molecule has 0 atom stereocenters. The molecular weight excluding hydrogens is 344 g/mol. The van der Waals surface area contributed by atoms with Gasteiger partial charge in [-0.2, -0.15) is 0 Å². The zero-order valence-electron chi connectivity index (χ0n) is 16.0. The maximum absolute atomic E-state index is 13.4. The van der Waals surface area contributed by atoms with Crippen LogP contribution in [-0.2, 0) is 24.5 Å². The molecule has 6 nitrogen and oxygen atoms in total. The lowest BCUT2D eigenvalue weighted by molar-refractivity contribution is -0.141. The summed E-state index contributed by atoms with van der Waals surface area (Å²) in [5.41, 5.74) is 1.63. The van der Waals surface area contributed by atoms with E-state index in [1.54, 1.807) is 7.11 Å². The van der Waals surface area contributed by atoms with Gasteiger partial charge in [0.15, 0.2) is 0 Å². The summed E-state index contributed by atoms with van der Waals surface area (Å²) in [7, 11) is 1.66. The van der Waals surface area contributed by atoms with E-state index >= 15 is 0 Å². The van der Waals surface area contributed by atoms with Crippen LogP contribution in [0.3, 0.4) is 0 Å². The monoisotopic (exact) mass is 372 g/mol. The highest BCUT2D eigenvalue weighted by molar-refractivity contribution is 6.08. The lowest BCUT2D eigenvalue weighted by Gasteiger charge is -2.40. The molecule has 6 heteroatoms. The minimum atomic E-state index is -0.489. The van der Waals surface area contributed by atoms with Gasteiger partial charge in [-0.3, -0.25) is 9.59 Å². The molecule has 3 aliphatic rings. The number of amides is 2. The van der Waals surface area contributed by atoms with Crippen LogP contribution in [0.2, 0.25) is 0 Å². The van der Waals surface area contributed by atoms with E-state index in [1.165, 1.54) is 0 Å². The third-order valence-electron chi connectivity index (χ3n) is 6.38. The fourth-order valence-electron chi connectivity index (χ4n) is 4.80. The van der Waals surface area contributed by atoms with Crippen molar-refractivity contribution in [2.75, 3.05) is 51.5 Å². The lowest BCUT2D eigenvalue weighted by atomic mass is 9.73. The van der Waals surface area contributed by atoms with Gasteiger partial charge in [-0.15, -0.1) is 0 Å². The van der Waals surface area contributed by atoms with Crippen molar-refractivity contribution >= 4 is 17.5 Å². The number of carbonyl (C=O) groups excluding carboxylic acids is 2. The minimum Gasteiger partial charge on any atom is -0.383 e. The minimum absolute atomic E-state index is 0.0811. The first-order valence-corrected chi connectivity index (χ1v) is 9.94. The fraction of sp³-hybridized carbons (Fsp3) is 0.619. The Hall–Kier alpha value is -1.92. The van der Waals surface area contributed by atoms with Crippen molar-refractivity contribution in [2.45, 2.75) is 31.1 Å². The molecule has 1 spiro atoms. The van der Waals surface area contributed by atoms with E-state index in [-0.39, 0.29) is 17.7 Å². The first-order valence-electron chi connectivity index (χ1n) is 9.94. The van der Waals surface area contributed by atoms with Gasteiger partial charge in [0.25, 0.3) is 0 Å². The molecule has 0 saturated carbocycles. The molecule has 1 aromatic carbocycles. The summed E-state index contributed by atoms with van der Waals surface area (Å²) in [4.78, 5) is 30.1. The predicted octanol–water partition coefficient (Wildman–Crippen LogP) is 1.97. The number of anilines is 1. The third-order valence-corrected chi connectivity index (χ3v) is 6.38. The number of fused-ring (bicyclic) bond motifs is 2. The molecular formula is C21H28N2O4. The number of hydrogen-bond acceptors (Lipinski definition) is 4. The molecule has 3 aliphatic heterocycles. The van der Waals surface area contributed by atoms with E-state index in [4.69, 9.17) is 9.47 Å². The Morgan fingerprint density at radius 2 is 1.93 bits per heavy atom. The second-order valence-electron chi connectivity index (χ2n) is 7.76. The highest BCUT2D eigenvalue weighted by atomic mass is 16.5. The zero-order valence-corrected chi connectivity index (χ0v) is 16.0. The molecule has 0 N–H and O–H groups in total. The number of para-hydroxylation sites is 1. The molecule has 27 heavy (non-hydrogen) atoms. The van der Waals surface area contributed by atoms with Gasteiger partial charge < -0.3 is 19.3 Å². The van der Waals surface area contributed by atoms with Crippen LogP contribution < -0.4 is 4.90 Å².